The summed E-state index contributed by atoms with van der Waals surface area (Å²) < 4.78 is 0. The van der Waals surface area contributed by atoms with Crippen molar-refractivity contribution in [1.29, 1.82) is 0 Å². The largest absolute Gasteiger partial charge is 0.295 e. The fraction of sp³-hybridized carbons (Fsp3) is 0.750. The van der Waals surface area contributed by atoms with E-state index in [1.165, 1.54) is 31.3 Å². The number of rotatable bonds is 4. The van der Waals surface area contributed by atoms with Crippen LogP contribution in [0.15, 0.2) is 23.8 Å². The van der Waals surface area contributed by atoms with Gasteiger partial charge in [-0.25, -0.2) is 0 Å². The molecule has 3 saturated carbocycles. The van der Waals surface area contributed by atoms with Gasteiger partial charge in [0.25, 0.3) is 0 Å². The predicted molar refractivity (Wildman–Crippen MR) is 87.9 cm³/mol. The SMILES string of the molecule is C=C1CC[C@H]2[C@@H]1[C@@H]1C[C@H](C(C)CC(=O)C=C(C)C)C[C@]21C. The zero-order chi connectivity index (χ0) is 15.4. The van der Waals surface area contributed by atoms with E-state index in [-0.39, 0.29) is 0 Å². The molecule has 0 N–H and O–H groups in total. The second kappa shape index (κ2) is 5.11. The molecule has 1 heteroatoms. The van der Waals surface area contributed by atoms with Crippen LogP contribution in [-0.2, 0) is 4.79 Å². The van der Waals surface area contributed by atoms with Crippen LogP contribution in [0.3, 0.4) is 0 Å². The average Bonchev–Trinajstić information content (AvgIpc) is 2.84. The van der Waals surface area contributed by atoms with Crippen LogP contribution in [0.1, 0.15) is 59.8 Å². The quantitative estimate of drug-likeness (QED) is 0.514. The van der Waals surface area contributed by atoms with Crippen LogP contribution in [0.25, 0.3) is 0 Å². The Hall–Kier alpha value is -0.850. The number of hydrogen-bond donors (Lipinski definition) is 0. The maximum absolute atomic E-state index is 12.0. The summed E-state index contributed by atoms with van der Waals surface area (Å²) in [6.45, 7) is 13.1. The summed E-state index contributed by atoms with van der Waals surface area (Å²) in [6, 6.07) is 0. The number of allylic oxidation sites excluding steroid dienone is 3. The van der Waals surface area contributed by atoms with Gasteiger partial charge in [0, 0.05) is 6.42 Å². The minimum absolute atomic E-state index is 0.316. The molecule has 6 atom stereocenters. The van der Waals surface area contributed by atoms with E-state index in [4.69, 9.17) is 0 Å². The summed E-state index contributed by atoms with van der Waals surface area (Å²) in [5, 5.41) is 0. The molecular weight excluding hydrogens is 256 g/mol. The van der Waals surface area contributed by atoms with E-state index in [2.05, 4.69) is 20.4 Å². The zero-order valence-corrected chi connectivity index (χ0v) is 14.1. The van der Waals surface area contributed by atoms with Gasteiger partial charge in [-0.2, -0.15) is 0 Å². The normalized spacial score (nSPS) is 42.0. The highest BCUT2D eigenvalue weighted by Gasteiger charge is 2.65. The number of hydrogen-bond acceptors (Lipinski definition) is 1. The van der Waals surface area contributed by atoms with E-state index in [1.807, 2.05) is 19.9 Å². The Balaban J connectivity index is 1.64. The lowest BCUT2D eigenvalue weighted by Crippen LogP contribution is -2.49. The Morgan fingerprint density at radius 3 is 2.81 bits per heavy atom. The van der Waals surface area contributed by atoms with Gasteiger partial charge < -0.3 is 0 Å². The molecule has 116 valence electrons. The molecule has 0 amide bonds. The molecule has 0 aromatic rings. The number of carbonyl (C=O) groups is 1. The topological polar surface area (TPSA) is 17.1 Å². The summed E-state index contributed by atoms with van der Waals surface area (Å²) in [5.41, 5.74) is 3.20. The van der Waals surface area contributed by atoms with Crippen molar-refractivity contribution in [3.63, 3.8) is 0 Å². The fourth-order valence-corrected chi connectivity index (χ4v) is 5.83. The van der Waals surface area contributed by atoms with E-state index in [0.29, 0.717) is 17.1 Å². The van der Waals surface area contributed by atoms with Crippen molar-refractivity contribution in [2.45, 2.75) is 59.8 Å². The number of fused-ring (bicyclic) bond motifs is 4. The molecule has 3 aliphatic rings. The van der Waals surface area contributed by atoms with Crippen molar-refractivity contribution in [3.8, 4) is 0 Å². The van der Waals surface area contributed by atoms with Crippen LogP contribution in [0.4, 0.5) is 0 Å². The highest BCUT2D eigenvalue weighted by atomic mass is 16.1. The highest BCUT2D eigenvalue weighted by Crippen LogP contribution is 2.72. The molecule has 3 aliphatic carbocycles. The van der Waals surface area contributed by atoms with Crippen LogP contribution < -0.4 is 0 Å². The van der Waals surface area contributed by atoms with Crippen LogP contribution in [-0.4, -0.2) is 5.78 Å². The van der Waals surface area contributed by atoms with Crippen molar-refractivity contribution in [1.82, 2.24) is 0 Å². The lowest BCUT2D eigenvalue weighted by molar-refractivity contribution is -0.115. The van der Waals surface area contributed by atoms with Gasteiger partial charge in [-0.15, -0.1) is 0 Å². The van der Waals surface area contributed by atoms with Gasteiger partial charge in [-0.05, 0) is 80.6 Å². The van der Waals surface area contributed by atoms with Gasteiger partial charge in [-0.3, -0.25) is 4.79 Å². The average molecular weight is 286 g/mol. The van der Waals surface area contributed by atoms with Gasteiger partial charge in [-0.1, -0.05) is 31.6 Å². The number of ketones is 1. The smallest absolute Gasteiger partial charge is 0.155 e. The Labute approximate surface area is 129 Å². The molecule has 3 rings (SSSR count). The summed E-state index contributed by atoms with van der Waals surface area (Å²) >= 11 is 0. The van der Waals surface area contributed by atoms with E-state index >= 15 is 0 Å². The fourth-order valence-electron chi connectivity index (χ4n) is 5.83. The van der Waals surface area contributed by atoms with Crippen molar-refractivity contribution in [2.24, 2.45) is 35.0 Å². The van der Waals surface area contributed by atoms with Crippen molar-refractivity contribution < 1.29 is 4.79 Å². The van der Waals surface area contributed by atoms with Crippen molar-refractivity contribution in [2.75, 3.05) is 0 Å². The van der Waals surface area contributed by atoms with Crippen molar-refractivity contribution in [3.05, 3.63) is 23.8 Å². The van der Waals surface area contributed by atoms with Crippen LogP contribution in [0.5, 0.6) is 0 Å². The molecule has 0 aromatic carbocycles. The van der Waals surface area contributed by atoms with Gasteiger partial charge in [0.2, 0.25) is 0 Å². The van der Waals surface area contributed by atoms with Crippen LogP contribution in [0, 0.1) is 35.0 Å². The summed E-state index contributed by atoms with van der Waals surface area (Å²) in [7, 11) is 0. The maximum atomic E-state index is 12.0. The standard InChI is InChI=1S/C20H30O/c1-12(2)8-16(21)9-14(4)15-10-18-19-13(3)6-7-17(19)20(18,5)11-15/h8,14-15,17-19H,3,6-7,9-11H2,1-2,4-5H3/t14?,15-,17-,18-,19+,20+/m0/s1. The van der Waals surface area contributed by atoms with Crippen LogP contribution >= 0.6 is 0 Å². The Kier molecular flexibility index (Phi) is 3.66. The molecule has 0 spiro atoms. The first-order chi connectivity index (χ1) is 9.83. The molecule has 0 radical (unpaired) electrons. The zero-order valence-electron chi connectivity index (χ0n) is 14.1. The lowest BCUT2D eigenvalue weighted by atomic mass is 9.49. The van der Waals surface area contributed by atoms with E-state index in [1.54, 1.807) is 0 Å². The molecule has 0 bridgehead atoms. The van der Waals surface area contributed by atoms with Gasteiger partial charge in [0.1, 0.15) is 0 Å². The summed E-state index contributed by atoms with van der Waals surface area (Å²) in [6.07, 6.45) is 7.86. The third kappa shape index (κ3) is 2.33. The predicted octanol–water partition coefficient (Wildman–Crippen LogP) is 5.18. The molecule has 3 fully saturated rings. The van der Waals surface area contributed by atoms with E-state index in [0.717, 1.165) is 35.7 Å². The van der Waals surface area contributed by atoms with Crippen molar-refractivity contribution >= 4 is 5.78 Å². The van der Waals surface area contributed by atoms with E-state index < -0.39 is 0 Å². The molecule has 0 aromatic heterocycles. The second-order valence-electron chi connectivity index (χ2n) is 8.51. The second-order valence-corrected chi connectivity index (χ2v) is 8.51. The summed E-state index contributed by atoms with van der Waals surface area (Å²) in [4.78, 5) is 12.0. The highest BCUT2D eigenvalue weighted by molar-refractivity contribution is 5.90. The van der Waals surface area contributed by atoms with Gasteiger partial charge >= 0.3 is 0 Å². The molecule has 21 heavy (non-hydrogen) atoms. The first-order valence-electron chi connectivity index (χ1n) is 8.68. The molecule has 1 nitrogen and oxygen atoms in total. The first-order valence-corrected chi connectivity index (χ1v) is 8.68. The monoisotopic (exact) mass is 286 g/mol. The molecule has 0 aliphatic heterocycles. The molecule has 0 heterocycles. The minimum Gasteiger partial charge on any atom is -0.295 e. The first kappa shape index (κ1) is 15.1. The van der Waals surface area contributed by atoms with Crippen LogP contribution in [0.2, 0.25) is 0 Å². The minimum atomic E-state index is 0.316. The summed E-state index contributed by atoms with van der Waals surface area (Å²) in [5.74, 6) is 4.18. The Bertz CT molecular complexity index is 496. The Morgan fingerprint density at radius 1 is 1.43 bits per heavy atom. The van der Waals surface area contributed by atoms with Gasteiger partial charge in [0.15, 0.2) is 5.78 Å². The van der Waals surface area contributed by atoms with Gasteiger partial charge in [0.05, 0.1) is 0 Å². The Morgan fingerprint density at radius 2 is 2.14 bits per heavy atom. The lowest BCUT2D eigenvalue weighted by Gasteiger charge is -2.55. The molecular formula is C20H30O. The maximum Gasteiger partial charge on any atom is 0.155 e. The molecule has 1 unspecified atom stereocenters. The van der Waals surface area contributed by atoms with E-state index in [9.17, 15) is 4.79 Å². The number of carbonyl (C=O) groups excluding carboxylic acids is 1. The molecule has 0 saturated heterocycles. The third-order valence-electron chi connectivity index (χ3n) is 6.85. The third-order valence-corrected chi connectivity index (χ3v) is 6.85.